The zero-order chi connectivity index (χ0) is 14.3. The summed E-state index contributed by atoms with van der Waals surface area (Å²) >= 11 is 0. The first-order chi connectivity index (χ1) is 9.54. The molecule has 0 radical (unpaired) electrons. The Labute approximate surface area is 122 Å². The summed E-state index contributed by atoms with van der Waals surface area (Å²) in [5, 5.41) is 3.23. The number of aryl methyl sites for hydroxylation is 2. The van der Waals surface area contributed by atoms with Crippen molar-refractivity contribution in [2.75, 3.05) is 0 Å². The van der Waals surface area contributed by atoms with E-state index in [4.69, 9.17) is 0 Å². The Hall–Kier alpha value is -1.31. The van der Waals surface area contributed by atoms with Gasteiger partial charge in [-0.15, -0.1) is 0 Å². The summed E-state index contributed by atoms with van der Waals surface area (Å²) in [6, 6.07) is 6.27. The van der Waals surface area contributed by atoms with E-state index in [1.807, 2.05) is 18.2 Å². The highest BCUT2D eigenvalue weighted by Crippen LogP contribution is 2.49. The van der Waals surface area contributed by atoms with Gasteiger partial charge in [0, 0.05) is 11.6 Å². The monoisotopic (exact) mass is 271 g/mol. The van der Waals surface area contributed by atoms with Crippen molar-refractivity contribution < 1.29 is 4.79 Å². The molecule has 1 N–H and O–H groups in total. The van der Waals surface area contributed by atoms with E-state index in [-0.39, 0.29) is 5.91 Å². The lowest BCUT2D eigenvalue weighted by molar-refractivity contribution is 0.0915. The van der Waals surface area contributed by atoms with Crippen LogP contribution in [0.1, 0.15) is 54.1 Å². The molecule has 2 saturated carbocycles. The number of carbonyl (C=O) groups excluding carboxylic acids is 1. The number of carbonyl (C=O) groups is 1. The van der Waals surface area contributed by atoms with Crippen molar-refractivity contribution in [3.63, 3.8) is 0 Å². The molecule has 2 aliphatic carbocycles. The van der Waals surface area contributed by atoms with Gasteiger partial charge in [0.15, 0.2) is 0 Å². The van der Waals surface area contributed by atoms with Gasteiger partial charge in [0.1, 0.15) is 0 Å². The fourth-order valence-corrected chi connectivity index (χ4v) is 4.19. The van der Waals surface area contributed by atoms with Crippen molar-refractivity contribution in [1.29, 1.82) is 0 Å². The molecule has 0 saturated heterocycles. The van der Waals surface area contributed by atoms with E-state index < -0.39 is 0 Å². The summed E-state index contributed by atoms with van der Waals surface area (Å²) in [5.74, 6) is 2.58. The highest BCUT2D eigenvalue weighted by atomic mass is 16.1. The molecule has 3 rings (SSSR count). The lowest BCUT2D eigenvalue weighted by atomic mass is 9.84. The molecule has 1 amide bonds. The SMILES string of the molecule is Cc1ccc(C(=O)NC(C)C2CC3CCC2C3)cc1C. The molecule has 1 aromatic rings. The molecule has 1 aromatic carbocycles. The first-order valence-electron chi connectivity index (χ1n) is 7.92. The summed E-state index contributed by atoms with van der Waals surface area (Å²) in [5.41, 5.74) is 3.22. The van der Waals surface area contributed by atoms with Gasteiger partial charge < -0.3 is 5.32 Å². The fourth-order valence-electron chi connectivity index (χ4n) is 4.19. The topological polar surface area (TPSA) is 29.1 Å². The summed E-state index contributed by atoms with van der Waals surface area (Å²) < 4.78 is 0. The van der Waals surface area contributed by atoms with E-state index in [1.165, 1.54) is 36.8 Å². The van der Waals surface area contributed by atoms with Gasteiger partial charge in [-0.3, -0.25) is 4.79 Å². The van der Waals surface area contributed by atoms with Crippen LogP contribution < -0.4 is 5.32 Å². The van der Waals surface area contributed by atoms with Crippen molar-refractivity contribution in [2.24, 2.45) is 17.8 Å². The Morgan fingerprint density at radius 2 is 2.00 bits per heavy atom. The van der Waals surface area contributed by atoms with Crippen molar-refractivity contribution in [3.8, 4) is 0 Å². The number of nitrogens with one attached hydrogen (secondary N) is 1. The van der Waals surface area contributed by atoms with Crippen LogP contribution in [-0.4, -0.2) is 11.9 Å². The minimum atomic E-state index is 0.0865. The second-order valence-electron chi connectivity index (χ2n) is 6.90. The Morgan fingerprint density at radius 1 is 1.20 bits per heavy atom. The predicted molar refractivity (Wildman–Crippen MR) is 81.8 cm³/mol. The average Bonchev–Trinajstić information content (AvgIpc) is 3.04. The van der Waals surface area contributed by atoms with Gasteiger partial charge in [0.05, 0.1) is 0 Å². The van der Waals surface area contributed by atoms with Crippen LogP contribution in [0.3, 0.4) is 0 Å². The minimum absolute atomic E-state index is 0.0865. The zero-order valence-corrected chi connectivity index (χ0v) is 12.8. The van der Waals surface area contributed by atoms with E-state index in [2.05, 4.69) is 26.1 Å². The molecule has 2 nitrogen and oxygen atoms in total. The van der Waals surface area contributed by atoms with Crippen LogP contribution >= 0.6 is 0 Å². The third kappa shape index (κ3) is 2.48. The maximum Gasteiger partial charge on any atom is 0.251 e. The second-order valence-corrected chi connectivity index (χ2v) is 6.90. The first kappa shape index (κ1) is 13.7. The fraction of sp³-hybridized carbons (Fsp3) is 0.611. The Kier molecular flexibility index (Phi) is 3.57. The van der Waals surface area contributed by atoms with Gasteiger partial charge >= 0.3 is 0 Å². The lowest BCUT2D eigenvalue weighted by Crippen LogP contribution is -2.40. The number of fused-ring (bicyclic) bond motifs is 2. The van der Waals surface area contributed by atoms with Gasteiger partial charge in [-0.2, -0.15) is 0 Å². The van der Waals surface area contributed by atoms with Crippen LogP contribution in [0.5, 0.6) is 0 Å². The quantitative estimate of drug-likeness (QED) is 0.888. The third-order valence-corrected chi connectivity index (χ3v) is 5.56. The van der Waals surface area contributed by atoms with Crippen LogP contribution in [0.15, 0.2) is 18.2 Å². The normalized spacial score (nSPS) is 29.4. The molecule has 4 atom stereocenters. The number of amides is 1. The van der Waals surface area contributed by atoms with Crippen LogP contribution in [0.2, 0.25) is 0 Å². The molecule has 2 aliphatic rings. The molecule has 0 aromatic heterocycles. The van der Waals surface area contributed by atoms with E-state index in [9.17, 15) is 4.79 Å². The molecule has 4 unspecified atom stereocenters. The second kappa shape index (κ2) is 5.23. The highest BCUT2D eigenvalue weighted by molar-refractivity contribution is 5.94. The number of hydrogen-bond acceptors (Lipinski definition) is 1. The molecule has 20 heavy (non-hydrogen) atoms. The van der Waals surface area contributed by atoms with Gasteiger partial charge in [-0.25, -0.2) is 0 Å². The minimum Gasteiger partial charge on any atom is -0.349 e. The molecule has 0 aliphatic heterocycles. The van der Waals surface area contributed by atoms with E-state index in [0.29, 0.717) is 12.0 Å². The zero-order valence-electron chi connectivity index (χ0n) is 12.8. The first-order valence-corrected chi connectivity index (χ1v) is 7.92. The average molecular weight is 271 g/mol. The maximum absolute atomic E-state index is 12.4. The van der Waals surface area contributed by atoms with Crippen LogP contribution in [0, 0.1) is 31.6 Å². The molecule has 2 fully saturated rings. The van der Waals surface area contributed by atoms with Crippen molar-refractivity contribution in [1.82, 2.24) is 5.32 Å². The third-order valence-electron chi connectivity index (χ3n) is 5.56. The summed E-state index contributed by atoms with van der Waals surface area (Å²) in [6.07, 6.45) is 5.51. The van der Waals surface area contributed by atoms with Crippen molar-refractivity contribution in [3.05, 3.63) is 34.9 Å². The molecule has 0 spiro atoms. The van der Waals surface area contributed by atoms with E-state index in [0.717, 1.165) is 17.4 Å². The van der Waals surface area contributed by atoms with Gasteiger partial charge in [-0.1, -0.05) is 12.5 Å². The molecule has 2 heteroatoms. The van der Waals surface area contributed by atoms with Crippen LogP contribution in [-0.2, 0) is 0 Å². The molecular weight excluding hydrogens is 246 g/mol. The summed E-state index contributed by atoms with van der Waals surface area (Å²) in [7, 11) is 0. The smallest absolute Gasteiger partial charge is 0.251 e. The van der Waals surface area contributed by atoms with Crippen LogP contribution in [0.25, 0.3) is 0 Å². The van der Waals surface area contributed by atoms with Gasteiger partial charge in [0.25, 0.3) is 5.91 Å². The number of hydrogen-bond donors (Lipinski definition) is 1. The van der Waals surface area contributed by atoms with Gasteiger partial charge in [-0.05, 0) is 81.0 Å². The van der Waals surface area contributed by atoms with Crippen molar-refractivity contribution >= 4 is 5.91 Å². The summed E-state index contributed by atoms with van der Waals surface area (Å²) in [4.78, 5) is 12.4. The largest absolute Gasteiger partial charge is 0.349 e. The van der Waals surface area contributed by atoms with E-state index >= 15 is 0 Å². The lowest BCUT2D eigenvalue weighted by Gasteiger charge is -2.28. The Balaban J connectivity index is 1.65. The summed E-state index contributed by atoms with van der Waals surface area (Å²) in [6.45, 7) is 6.32. The predicted octanol–water partition coefficient (Wildman–Crippen LogP) is 3.86. The highest BCUT2D eigenvalue weighted by Gasteiger charge is 2.42. The molecule has 0 heterocycles. The van der Waals surface area contributed by atoms with Crippen LogP contribution in [0.4, 0.5) is 0 Å². The number of rotatable bonds is 3. The molecule has 108 valence electrons. The maximum atomic E-state index is 12.4. The molecule has 2 bridgehead atoms. The van der Waals surface area contributed by atoms with E-state index in [1.54, 1.807) is 0 Å². The standard InChI is InChI=1S/C18H25NO/c1-11-4-6-16(8-12(11)2)18(20)19-13(3)17-10-14-5-7-15(17)9-14/h4,6,8,13-15,17H,5,7,9-10H2,1-3H3,(H,19,20). The van der Waals surface area contributed by atoms with Gasteiger partial charge in [0.2, 0.25) is 0 Å². The van der Waals surface area contributed by atoms with Crippen molar-refractivity contribution in [2.45, 2.75) is 52.5 Å². The molecular formula is C18H25NO. The Bertz CT molecular complexity index is 522. The Morgan fingerprint density at radius 3 is 2.60 bits per heavy atom. The number of benzene rings is 1.